The number of piperidine rings is 1. The minimum atomic E-state index is -0.415. The molecule has 0 atom stereocenters. The first-order chi connectivity index (χ1) is 12.2. The summed E-state index contributed by atoms with van der Waals surface area (Å²) in [6.45, 7) is 3.32. The molecule has 0 bridgehead atoms. The van der Waals surface area contributed by atoms with E-state index in [1.165, 1.54) is 44.7 Å². The number of benzene rings is 1. The van der Waals surface area contributed by atoms with Crippen molar-refractivity contribution in [2.75, 3.05) is 25.0 Å². The number of rotatable bonds is 5. The van der Waals surface area contributed by atoms with Crippen molar-refractivity contribution in [3.8, 4) is 6.07 Å². The number of nitrogens with one attached hydrogen (secondary N) is 1. The summed E-state index contributed by atoms with van der Waals surface area (Å²) in [5.41, 5.74) is 0.831. The summed E-state index contributed by atoms with van der Waals surface area (Å²) < 4.78 is 0. The molecule has 1 N–H and O–H groups in total. The topological polar surface area (TPSA) is 82.2 Å². The van der Waals surface area contributed by atoms with Crippen molar-refractivity contribution in [2.45, 2.75) is 51.0 Å². The highest BCUT2D eigenvalue weighted by Gasteiger charge is 2.24. The molecule has 3 rings (SSSR count). The van der Waals surface area contributed by atoms with Gasteiger partial charge in [-0.05, 0) is 43.7 Å². The van der Waals surface area contributed by atoms with Crippen molar-refractivity contribution >= 4 is 11.4 Å². The molecule has 25 heavy (non-hydrogen) atoms. The minimum Gasteiger partial charge on any atom is -0.377 e. The lowest BCUT2D eigenvalue weighted by atomic mass is 9.88. The van der Waals surface area contributed by atoms with Gasteiger partial charge in [0.15, 0.2) is 0 Å². The van der Waals surface area contributed by atoms with Crippen LogP contribution in [-0.2, 0) is 0 Å². The summed E-state index contributed by atoms with van der Waals surface area (Å²) in [6.07, 6.45) is 8.90. The van der Waals surface area contributed by atoms with Gasteiger partial charge in [0.2, 0.25) is 0 Å². The SMILES string of the molecule is N#Cc1ccc(NC2CCN(CC3CCCCC3)CC2)c([N+](=O)[O-])c1. The summed E-state index contributed by atoms with van der Waals surface area (Å²) >= 11 is 0. The van der Waals surface area contributed by atoms with Crippen molar-refractivity contribution in [1.82, 2.24) is 4.90 Å². The number of nitriles is 1. The average Bonchev–Trinajstić information content (AvgIpc) is 2.64. The fraction of sp³-hybridized carbons (Fsp3) is 0.632. The van der Waals surface area contributed by atoms with Gasteiger partial charge in [-0.25, -0.2) is 0 Å². The van der Waals surface area contributed by atoms with Crippen LogP contribution in [0.4, 0.5) is 11.4 Å². The number of nitrogens with zero attached hydrogens (tertiary/aromatic N) is 3. The lowest BCUT2D eigenvalue weighted by molar-refractivity contribution is -0.384. The van der Waals surface area contributed by atoms with Crippen LogP contribution in [0.25, 0.3) is 0 Å². The number of hydrogen-bond acceptors (Lipinski definition) is 5. The standard InChI is InChI=1S/C19H26N4O2/c20-13-16-6-7-18(19(12-16)23(24)25)21-17-8-10-22(11-9-17)14-15-4-2-1-3-5-15/h6-7,12,15,17,21H,1-5,8-11,14H2. The minimum absolute atomic E-state index is 0.0105. The normalized spacial score (nSPS) is 20.1. The molecule has 1 aromatic carbocycles. The fourth-order valence-electron chi connectivity index (χ4n) is 4.09. The summed E-state index contributed by atoms with van der Waals surface area (Å²) in [5, 5.41) is 23.5. The van der Waals surface area contributed by atoms with E-state index < -0.39 is 4.92 Å². The van der Waals surface area contributed by atoms with Gasteiger partial charge in [0.25, 0.3) is 5.69 Å². The van der Waals surface area contributed by atoms with Gasteiger partial charge in [0.1, 0.15) is 5.69 Å². The quantitative estimate of drug-likeness (QED) is 0.648. The monoisotopic (exact) mass is 342 g/mol. The Bertz CT molecular complexity index is 641. The Morgan fingerprint density at radius 3 is 2.56 bits per heavy atom. The first-order valence-electron chi connectivity index (χ1n) is 9.33. The zero-order chi connectivity index (χ0) is 17.6. The van der Waals surface area contributed by atoms with E-state index in [9.17, 15) is 10.1 Å². The Morgan fingerprint density at radius 1 is 1.20 bits per heavy atom. The Balaban J connectivity index is 1.53. The molecule has 1 saturated heterocycles. The Kier molecular flexibility index (Phi) is 5.87. The maximum absolute atomic E-state index is 11.3. The molecule has 1 heterocycles. The molecule has 6 heteroatoms. The largest absolute Gasteiger partial charge is 0.377 e. The van der Waals surface area contributed by atoms with Crippen LogP contribution in [0.3, 0.4) is 0 Å². The van der Waals surface area contributed by atoms with E-state index >= 15 is 0 Å². The number of hydrogen-bond donors (Lipinski definition) is 1. The van der Waals surface area contributed by atoms with Gasteiger partial charge >= 0.3 is 0 Å². The first-order valence-corrected chi connectivity index (χ1v) is 9.33. The van der Waals surface area contributed by atoms with Crippen molar-refractivity contribution in [3.05, 3.63) is 33.9 Å². The van der Waals surface area contributed by atoms with Crippen molar-refractivity contribution in [3.63, 3.8) is 0 Å². The molecule has 0 amide bonds. The lowest BCUT2D eigenvalue weighted by Gasteiger charge is -2.35. The van der Waals surface area contributed by atoms with Crippen LogP contribution in [0.15, 0.2) is 18.2 Å². The summed E-state index contributed by atoms with van der Waals surface area (Å²) in [5.74, 6) is 0.859. The van der Waals surface area contributed by atoms with Crippen LogP contribution in [0.1, 0.15) is 50.5 Å². The molecule has 1 aliphatic carbocycles. The van der Waals surface area contributed by atoms with Crippen LogP contribution in [-0.4, -0.2) is 35.5 Å². The van der Waals surface area contributed by atoms with Crippen LogP contribution in [0.2, 0.25) is 0 Å². The van der Waals surface area contributed by atoms with Crippen molar-refractivity contribution in [2.24, 2.45) is 5.92 Å². The highest BCUT2D eigenvalue weighted by atomic mass is 16.6. The molecule has 0 radical (unpaired) electrons. The second-order valence-electron chi connectivity index (χ2n) is 7.32. The average molecular weight is 342 g/mol. The fourth-order valence-corrected chi connectivity index (χ4v) is 4.09. The van der Waals surface area contributed by atoms with E-state index in [1.807, 2.05) is 6.07 Å². The summed E-state index contributed by atoms with van der Waals surface area (Å²) in [6, 6.07) is 6.86. The van der Waals surface area contributed by atoms with E-state index in [0.29, 0.717) is 11.3 Å². The molecule has 0 unspecified atom stereocenters. The van der Waals surface area contributed by atoms with E-state index in [-0.39, 0.29) is 11.7 Å². The van der Waals surface area contributed by atoms with Crippen molar-refractivity contribution in [1.29, 1.82) is 5.26 Å². The second kappa shape index (κ2) is 8.30. The molecule has 1 saturated carbocycles. The molecule has 134 valence electrons. The maximum Gasteiger partial charge on any atom is 0.293 e. The van der Waals surface area contributed by atoms with E-state index in [0.717, 1.165) is 31.8 Å². The lowest BCUT2D eigenvalue weighted by Crippen LogP contribution is -2.41. The third-order valence-electron chi connectivity index (χ3n) is 5.51. The highest BCUT2D eigenvalue weighted by Crippen LogP contribution is 2.29. The van der Waals surface area contributed by atoms with Gasteiger partial charge in [0.05, 0.1) is 16.6 Å². The molecule has 1 aromatic rings. The molecule has 2 aliphatic rings. The predicted octanol–water partition coefficient (Wildman–Crippen LogP) is 3.92. The second-order valence-corrected chi connectivity index (χ2v) is 7.32. The van der Waals surface area contributed by atoms with Gasteiger partial charge in [-0.3, -0.25) is 10.1 Å². The molecular formula is C19H26N4O2. The molecule has 1 aliphatic heterocycles. The molecule has 6 nitrogen and oxygen atoms in total. The Labute approximate surface area is 149 Å². The van der Waals surface area contributed by atoms with Gasteiger partial charge in [-0.1, -0.05) is 19.3 Å². The number of anilines is 1. The van der Waals surface area contributed by atoms with Gasteiger partial charge in [0, 0.05) is 31.7 Å². The van der Waals surface area contributed by atoms with Crippen LogP contribution in [0, 0.1) is 27.4 Å². The molecule has 0 aromatic heterocycles. The Morgan fingerprint density at radius 2 is 1.92 bits per heavy atom. The first kappa shape index (κ1) is 17.7. The number of likely N-dealkylation sites (tertiary alicyclic amines) is 1. The van der Waals surface area contributed by atoms with Gasteiger partial charge < -0.3 is 10.2 Å². The van der Waals surface area contributed by atoms with Gasteiger partial charge in [-0.2, -0.15) is 5.26 Å². The van der Waals surface area contributed by atoms with Crippen molar-refractivity contribution < 1.29 is 4.92 Å². The van der Waals surface area contributed by atoms with Crippen LogP contribution < -0.4 is 5.32 Å². The zero-order valence-electron chi connectivity index (χ0n) is 14.6. The van der Waals surface area contributed by atoms with E-state index in [4.69, 9.17) is 5.26 Å². The zero-order valence-corrected chi connectivity index (χ0v) is 14.6. The summed E-state index contributed by atoms with van der Waals surface area (Å²) in [7, 11) is 0. The van der Waals surface area contributed by atoms with Gasteiger partial charge in [-0.15, -0.1) is 0 Å². The predicted molar refractivity (Wildman–Crippen MR) is 97.5 cm³/mol. The third-order valence-corrected chi connectivity index (χ3v) is 5.51. The van der Waals surface area contributed by atoms with E-state index in [2.05, 4.69) is 10.2 Å². The molecule has 2 fully saturated rings. The third kappa shape index (κ3) is 4.70. The smallest absolute Gasteiger partial charge is 0.293 e. The van der Waals surface area contributed by atoms with Crippen LogP contribution in [0.5, 0.6) is 0 Å². The number of nitro benzene ring substituents is 1. The molecular weight excluding hydrogens is 316 g/mol. The Hall–Kier alpha value is -2.13. The highest BCUT2D eigenvalue weighted by molar-refractivity contribution is 5.64. The van der Waals surface area contributed by atoms with Crippen LogP contribution >= 0.6 is 0 Å². The maximum atomic E-state index is 11.3. The number of nitro groups is 1. The summed E-state index contributed by atoms with van der Waals surface area (Å²) in [4.78, 5) is 13.4. The van der Waals surface area contributed by atoms with E-state index in [1.54, 1.807) is 12.1 Å². The molecule has 0 spiro atoms.